The Balaban J connectivity index is 2.61. The summed E-state index contributed by atoms with van der Waals surface area (Å²) in [6.45, 7) is 4.54. The average molecular weight is 239 g/mol. The summed E-state index contributed by atoms with van der Waals surface area (Å²) in [6, 6.07) is 1.68. The van der Waals surface area contributed by atoms with E-state index in [1.807, 2.05) is 6.92 Å². The Kier molecular flexibility index (Phi) is 4.68. The number of carboxylic acids is 1. The van der Waals surface area contributed by atoms with Gasteiger partial charge in [0.15, 0.2) is 0 Å². The van der Waals surface area contributed by atoms with Gasteiger partial charge in [0.25, 0.3) is 0 Å². The number of rotatable bonds is 6. The average Bonchev–Trinajstić information content (AvgIpc) is 2.55. The maximum atomic E-state index is 11.5. The zero-order valence-electron chi connectivity index (χ0n) is 10.1. The lowest BCUT2D eigenvalue weighted by atomic mass is 10.3. The highest BCUT2D eigenvalue weighted by molar-refractivity contribution is 5.75. The molecule has 0 aromatic carbocycles. The van der Waals surface area contributed by atoms with Crippen LogP contribution in [0.1, 0.15) is 24.7 Å². The monoisotopic (exact) mass is 239 g/mol. The van der Waals surface area contributed by atoms with Crippen LogP contribution in [0.2, 0.25) is 0 Å². The summed E-state index contributed by atoms with van der Waals surface area (Å²) in [5.41, 5.74) is 1.26. The highest BCUT2D eigenvalue weighted by atomic mass is 16.4. The van der Waals surface area contributed by atoms with Crippen molar-refractivity contribution in [2.24, 2.45) is 0 Å². The van der Waals surface area contributed by atoms with Crippen LogP contribution in [-0.2, 0) is 22.6 Å². The van der Waals surface area contributed by atoms with Crippen molar-refractivity contribution in [3.05, 3.63) is 17.5 Å². The number of hydrogen-bond donors (Lipinski definition) is 2. The lowest BCUT2D eigenvalue weighted by molar-refractivity contribution is -0.136. The lowest BCUT2D eigenvalue weighted by Crippen LogP contribution is -2.28. The van der Waals surface area contributed by atoms with Crippen molar-refractivity contribution in [1.29, 1.82) is 0 Å². The largest absolute Gasteiger partial charge is 0.481 e. The second-order valence-corrected chi connectivity index (χ2v) is 3.86. The van der Waals surface area contributed by atoms with Gasteiger partial charge in [0.1, 0.15) is 6.54 Å². The van der Waals surface area contributed by atoms with Gasteiger partial charge in [0, 0.05) is 12.2 Å². The SMILES string of the molecule is CCCNC(=O)Cn1nc(CC(=O)O)cc1C. The predicted molar refractivity (Wildman–Crippen MR) is 61.6 cm³/mol. The summed E-state index contributed by atoms with van der Waals surface area (Å²) >= 11 is 0. The van der Waals surface area contributed by atoms with E-state index in [1.54, 1.807) is 13.0 Å². The van der Waals surface area contributed by atoms with E-state index >= 15 is 0 Å². The normalized spacial score (nSPS) is 10.2. The maximum Gasteiger partial charge on any atom is 0.309 e. The first-order chi connectivity index (χ1) is 8.02. The van der Waals surface area contributed by atoms with E-state index in [0.29, 0.717) is 12.2 Å². The van der Waals surface area contributed by atoms with E-state index in [4.69, 9.17) is 5.11 Å². The van der Waals surface area contributed by atoms with Crippen LogP contribution in [0, 0.1) is 6.92 Å². The molecular formula is C11H17N3O3. The number of aliphatic carboxylic acids is 1. The molecule has 0 aliphatic carbocycles. The molecule has 0 aliphatic heterocycles. The number of hydrogen-bond acceptors (Lipinski definition) is 3. The Morgan fingerprint density at radius 3 is 2.82 bits per heavy atom. The van der Waals surface area contributed by atoms with Crippen molar-refractivity contribution in [2.75, 3.05) is 6.54 Å². The standard InChI is InChI=1S/C11H17N3O3/c1-3-4-12-10(15)7-14-8(2)5-9(13-14)6-11(16)17/h5H,3-4,6-7H2,1-2H3,(H,12,15)(H,16,17). The molecule has 0 unspecified atom stereocenters. The molecule has 2 N–H and O–H groups in total. The Bertz CT molecular complexity index is 412. The number of carbonyl (C=O) groups excluding carboxylic acids is 1. The van der Waals surface area contributed by atoms with Gasteiger partial charge in [-0.2, -0.15) is 5.10 Å². The molecule has 0 saturated heterocycles. The summed E-state index contributed by atoms with van der Waals surface area (Å²) in [7, 11) is 0. The van der Waals surface area contributed by atoms with E-state index in [0.717, 1.165) is 12.1 Å². The third-order valence-electron chi connectivity index (χ3n) is 2.23. The minimum atomic E-state index is -0.926. The van der Waals surface area contributed by atoms with Gasteiger partial charge in [-0.15, -0.1) is 0 Å². The molecule has 17 heavy (non-hydrogen) atoms. The van der Waals surface area contributed by atoms with E-state index in [9.17, 15) is 9.59 Å². The Morgan fingerprint density at radius 1 is 1.53 bits per heavy atom. The molecule has 1 amide bonds. The van der Waals surface area contributed by atoms with Crippen molar-refractivity contribution in [3.8, 4) is 0 Å². The number of carboxylic acid groups (broad SMARTS) is 1. The van der Waals surface area contributed by atoms with Crippen LogP contribution in [0.15, 0.2) is 6.07 Å². The number of amides is 1. The third-order valence-corrected chi connectivity index (χ3v) is 2.23. The number of aromatic nitrogens is 2. The number of aryl methyl sites for hydroxylation is 1. The number of nitrogens with zero attached hydrogens (tertiary/aromatic N) is 2. The zero-order chi connectivity index (χ0) is 12.8. The predicted octanol–water partition coefficient (Wildman–Crippen LogP) is 0.345. The second-order valence-electron chi connectivity index (χ2n) is 3.86. The highest BCUT2D eigenvalue weighted by Gasteiger charge is 2.10. The van der Waals surface area contributed by atoms with Crippen LogP contribution in [0.5, 0.6) is 0 Å². The summed E-state index contributed by atoms with van der Waals surface area (Å²) < 4.78 is 1.52. The van der Waals surface area contributed by atoms with Gasteiger partial charge in [-0.3, -0.25) is 14.3 Å². The molecule has 1 aromatic rings. The first-order valence-corrected chi connectivity index (χ1v) is 5.54. The first-order valence-electron chi connectivity index (χ1n) is 5.54. The molecule has 6 nitrogen and oxygen atoms in total. The smallest absolute Gasteiger partial charge is 0.309 e. The number of nitrogens with one attached hydrogen (secondary N) is 1. The fraction of sp³-hybridized carbons (Fsp3) is 0.545. The molecule has 1 rings (SSSR count). The Labute approximate surface area is 99.6 Å². The molecule has 0 radical (unpaired) electrons. The summed E-state index contributed by atoms with van der Waals surface area (Å²) in [6.07, 6.45) is 0.762. The summed E-state index contributed by atoms with van der Waals surface area (Å²) in [5, 5.41) is 15.5. The third kappa shape index (κ3) is 4.26. The van der Waals surface area contributed by atoms with Crippen molar-refractivity contribution in [2.45, 2.75) is 33.2 Å². The minimum Gasteiger partial charge on any atom is -0.481 e. The molecule has 1 aromatic heterocycles. The van der Waals surface area contributed by atoms with Gasteiger partial charge in [0.05, 0.1) is 12.1 Å². The first kappa shape index (κ1) is 13.2. The van der Waals surface area contributed by atoms with Gasteiger partial charge in [0.2, 0.25) is 5.91 Å². The van der Waals surface area contributed by atoms with E-state index < -0.39 is 5.97 Å². The van der Waals surface area contributed by atoms with Crippen LogP contribution >= 0.6 is 0 Å². The highest BCUT2D eigenvalue weighted by Crippen LogP contribution is 2.04. The van der Waals surface area contributed by atoms with Crippen LogP contribution < -0.4 is 5.32 Å². The maximum absolute atomic E-state index is 11.5. The van der Waals surface area contributed by atoms with Crippen LogP contribution in [-0.4, -0.2) is 33.3 Å². The topological polar surface area (TPSA) is 84.2 Å². The van der Waals surface area contributed by atoms with Crippen molar-refractivity contribution in [1.82, 2.24) is 15.1 Å². The van der Waals surface area contributed by atoms with E-state index in [-0.39, 0.29) is 18.9 Å². The molecular weight excluding hydrogens is 222 g/mol. The van der Waals surface area contributed by atoms with Crippen LogP contribution in [0.4, 0.5) is 0 Å². The molecule has 0 spiro atoms. The van der Waals surface area contributed by atoms with Crippen LogP contribution in [0.25, 0.3) is 0 Å². The zero-order valence-corrected chi connectivity index (χ0v) is 10.1. The van der Waals surface area contributed by atoms with Gasteiger partial charge in [-0.1, -0.05) is 6.92 Å². The minimum absolute atomic E-state index is 0.111. The Hall–Kier alpha value is -1.85. The van der Waals surface area contributed by atoms with Gasteiger partial charge in [-0.05, 0) is 19.4 Å². The molecule has 0 fully saturated rings. The van der Waals surface area contributed by atoms with E-state index in [2.05, 4.69) is 10.4 Å². The molecule has 94 valence electrons. The molecule has 0 bridgehead atoms. The second kappa shape index (κ2) is 6.03. The van der Waals surface area contributed by atoms with Gasteiger partial charge < -0.3 is 10.4 Å². The Morgan fingerprint density at radius 2 is 2.24 bits per heavy atom. The molecule has 0 saturated carbocycles. The molecule has 0 atom stereocenters. The van der Waals surface area contributed by atoms with Crippen molar-refractivity contribution in [3.63, 3.8) is 0 Å². The fourth-order valence-electron chi connectivity index (χ4n) is 1.44. The summed E-state index contributed by atoms with van der Waals surface area (Å²) in [5.74, 6) is -1.04. The number of carbonyl (C=O) groups is 2. The quantitative estimate of drug-likeness (QED) is 0.750. The summed E-state index contributed by atoms with van der Waals surface area (Å²) in [4.78, 5) is 22.0. The van der Waals surface area contributed by atoms with E-state index in [1.165, 1.54) is 4.68 Å². The van der Waals surface area contributed by atoms with Crippen molar-refractivity contribution >= 4 is 11.9 Å². The lowest BCUT2D eigenvalue weighted by Gasteiger charge is -2.05. The molecule has 1 heterocycles. The molecule has 6 heteroatoms. The van der Waals surface area contributed by atoms with Crippen LogP contribution in [0.3, 0.4) is 0 Å². The van der Waals surface area contributed by atoms with Gasteiger partial charge in [-0.25, -0.2) is 0 Å². The van der Waals surface area contributed by atoms with Crippen molar-refractivity contribution < 1.29 is 14.7 Å². The van der Waals surface area contributed by atoms with Gasteiger partial charge >= 0.3 is 5.97 Å². The molecule has 0 aliphatic rings. The fourth-order valence-corrected chi connectivity index (χ4v) is 1.44.